The van der Waals surface area contributed by atoms with Crippen LogP contribution in [0.4, 0.5) is 0 Å². The summed E-state index contributed by atoms with van der Waals surface area (Å²) in [5, 5.41) is 0.814. The van der Waals surface area contributed by atoms with Gasteiger partial charge < -0.3 is 0 Å². The minimum absolute atomic E-state index is 0.354. The highest BCUT2D eigenvalue weighted by atomic mass is 35.5. The lowest BCUT2D eigenvalue weighted by Crippen LogP contribution is -2.12. The standard InChI is InChI=1S/C14H17Cl/c1-14(2)9-3-4-12(10-14)11-5-7-13(15)8-6-11/h5-8,10H,3-4,9H2,1-2H3. The summed E-state index contributed by atoms with van der Waals surface area (Å²) in [6.07, 6.45) is 6.20. The van der Waals surface area contributed by atoms with E-state index in [9.17, 15) is 0 Å². The van der Waals surface area contributed by atoms with E-state index in [1.165, 1.54) is 30.4 Å². The maximum atomic E-state index is 5.89. The van der Waals surface area contributed by atoms with Crippen LogP contribution in [0.25, 0.3) is 5.57 Å². The van der Waals surface area contributed by atoms with Gasteiger partial charge in [0.05, 0.1) is 0 Å². The van der Waals surface area contributed by atoms with Crippen molar-refractivity contribution in [3.8, 4) is 0 Å². The lowest BCUT2D eigenvalue weighted by Gasteiger charge is -2.27. The molecule has 0 spiro atoms. The average molecular weight is 221 g/mol. The number of rotatable bonds is 1. The molecule has 0 aliphatic heterocycles. The van der Waals surface area contributed by atoms with Crippen molar-refractivity contribution >= 4 is 17.2 Å². The molecule has 0 bridgehead atoms. The molecule has 0 heterocycles. The molecule has 0 saturated carbocycles. The van der Waals surface area contributed by atoms with Gasteiger partial charge in [-0.25, -0.2) is 0 Å². The quantitative estimate of drug-likeness (QED) is 0.629. The van der Waals surface area contributed by atoms with E-state index in [1.807, 2.05) is 12.1 Å². The van der Waals surface area contributed by atoms with Gasteiger partial charge in [-0.1, -0.05) is 43.7 Å². The SMILES string of the molecule is CC1(C)C=C(c2ccc(Cl)cc2)CCC1. The molecular formula is C14H17Cl. The van der Waals surface area contributed by atoms with E-state index in [-0.39, 0.29) is 0 Å². The Kier molecular flexibility index (Phi) is 2.88. The zero-order valence-electron chi connectivity index (χ0n) is 9.39. The van der Waals surface area contributed by atoms with Gasteiger partial charge in [0.2, 0.25) is 0 Å². The minimum atomic E-state index is 0.354. The molecule has 0 fully saturated rings. The first-order chi connectivity index (χ1) is 7.07. The first-order valence-corrected chi connectivity index (χ1v) is 5.92. The molecule has 0 N–H and O–H groups in total. The van der Waals surface area contributed by atoms with Crippen molar-refractivity contribution in [1.82, 2.24) is 0 Å². The summed E-state index contributed by atoms with van der Waals surface area (Å²) in [5.41, 5.74) is 3.16. The molecule has 15 heavy (non-hydrogen) atoms. The fourth-order valence-corrected chi connectivity index (χ4v) is 2.37. The number of halogens is 1. The van der Waals surface area contributed by atoms with E-state index >= 15 is 0 Å². The Hall–Kier alpha value is -0.750. The third-order valence-corrected chi connectivity index (χ3v) is 3.30. The number of hydrogen-bond donors (Lipinski definition) is 0. The van der Waals surface area contributed by atoms with E-state index in [0.717, 1.165) is 5.02 Å². The molecule has 0 amide bonds. The van der Waals surface area contributed by atoms with Crippen molar-refractivity contribution in [2.75, 3.05) is 0 Å². The Morgan fingerprint density at radius 1 is 1.13 bits per heavy atom. The van der Waals surface area contributed by atoms with E-state index in [2.05, 4.69) is 32.1 Å². The van der Waals surface area contributed by atoms with Crippen LogP contribution in [0.5, 0.6) is 0 Å². The largest absolute Gasteiger partial charge is 0.0843 e. The summed E-state index contributed by atoms with van der Waals surface area (Å²) in [7, 11) is 0. The normalized spacial score (nSPS) is 19.8. The molecule has 1 aromatic rings. The Bertz CT molecular complexity index is 371. The minimum Gasteiger partial charge on any atom is -0.0843 e. The highest BCUT2D eigenvalue weighted by Crippen LogP contribution is 2.37. The summed E-state index contributed by atoms with van der Waals surface area (Å²) in [4.78, 5) is 0. The van der Waals surface area contributed by atoms with Gasteiger partial charge in [0.15, 0.2) is 0 Å². The van der Waals surface area contributed by atoms with Gasteiger partial charge >= 0.3 is 0 Å². The molecule has 0 atom stereocenters. The van der Waals surface area contributed by atoms with Crippen LogP contribution in [-0.2, 0) is 0 Å². The third kappa shape index (κ3) is 2.63. The topological polar surface area (TPSA) is 0 Å². The van der Waals surface area contributed by atoms with Crippen LogP contribution in [0.3, 0.4) is 0 Å². The van der Waals surface area contributed by atoms with Crippen LogP contribution in [0, 0.1) is 5.41 Å². The number of hydrogen-bond acceptors (Lipinski definition) is 0. The zero-order chi connectivity index (χ0) is 10.9. The molecule has 1 aliphatic rings. The Balaban J connectivity index is 2.31. The van der Waals surface area contributed by atoms with E-state index in [4.69, 9.17) is 11.6 Å². The Morgan fingerprint density at radius 2 is 1.80 bits per heavy atom. The second kappa shape index (κ2) is 4.02. The molecule has 0 aromatic heterocycles. The fraction of sp³-hybridized carbons (Fsp3) is 0.429. The molecule has 1 heteroatoms. The molecule has 0 saturated heterocycles. The first kappa shape index (κ1) is 10.8. The lowest BCUT2D eigenvalue weighted by atomic mass is 9.78. The molecule has 0 nitrogen and oxygen atoms in total. The van der Waals surface area contributed by atoms with Gasteiger partial charge in [-0.2, -0.15) is 0 Å². The predicted molar refractivity (Wildman–Crippen MR) is 67.1 cm³/mol. The zero-order valence-corrected chi connectivity index (χ0v) is 10.1. The summed E-state index contributed by atoms with van der Waals surface area (Å²) in [6.45, 7) is 4.62. The van der Waals surface area contributed by atoms with Crippen LogP contribution in [0.1, 0.15) is 38.7 Å². The van der Waals surface area contributed by atoms with Gasteiger partial charge in [0, 0.05) is 5.02 Å². The van der Waals surface area contributed by atoms with Gasteiger partial charge in [0.25, 0.3) is 0 Å². The van der Waals surface area contributed by atoms with E-state index < -0.39 is 0 Å². The van der Waals surface area contributed by atoms with E-state index in [0.29, 0.717) is 5.41 Å². The second-order valence-corrected chi connectivity index (χ2v) is 5.46. The van der Waals surface area contributed by atoms with Gasteiger partial charge in [-0.05, 0) is 47.9 Å². The summed E-state index contributed by atoms with van der Waals surface area (Å²) in [5.74, 6) is 0. The second-order valence-electron chi connectivity index (χ2n) is 5.02. The highest BCUT2D eigenvalue weighted by Gasteiger charge is 2.20. The Labute approximate surface area is 97.0 Å². The monoisotopic (exact) mass is 220 g/mol. The molecule has 1 aliphatic carbocycles. The maximum absolute atomic E-state index is 5.89. The first-order valence-electron chi connectivity index (χ1n) is 5.54. The van der Waals surface area contributed by atoms with Gasteiger partial charge in [-0.15, -0.1) is 0 Å². The van der Waals surface area contributed by atoms with Crippen molar-refractivity contribution in [3.05, 3.63) is 40.9 Å². The summed E-state index contributed by atoms with van der Waals surface area (Å²) in [6, 6.07) is 8.18. The van der Waals surface area contributed by atoms with Crippen molar-refractivity contribution in [2.24, 2.45) is 5.41 Å². The molecule has 0 unspecified atom stereocenters. The number of allylic oxidation sites excluding steroid dienone is 2. The summed E-state index contributed by atoms with van der Waals surface area (Å²) >= 11 is 5.89. The smallest absolute Gasteiger partial charge is 0.0406 e. The molecule has 1 aromatic carbocycles. The lowest BCUT2D eigenvalue weighted by molar-refractivity contribution is 0.411. The maximum Gasteiger partial charge on any atom is 0.0406 e. The van der Waals surface area contributed by atoms with Crippen LogP contribution in [-0.4, -0.2) is 0 Å². The van der Waals surface area contributed by atoms with Crippen LogP contribution < -0.4 is 0 Å². The van der Waals surface area contributed by atoms with Crippen LogP contribution in [0.15, 0.2) is 30.3 Å². The molecule has 80 valence electrons. The fourth-order valence-electron chi connectivity index (χ4n) is 2.24. The van der Waals surface area contributed by atoms with Gasteiger partial charge in [0.1, 0.15) is 0 Å². The molecular weight excluding hydrogens is 204 g/mol. The van der Waals surface area contributed by atoms with Gasteiger partial charge in [-0.3, -0.25) is 0 Å². The predicted octanol–water partition coefficient (Wildman–Crippen LogP) is 4.93. The summed E-state index contributed by atoms with van der Waals surface area (Å²) < 4.78 is 0. The Morgan fingerprint density at radius 3 is 2.40 bits per heavy atom. The van der Waals surface area contributed by atoms with Crippen molar-refractivity contribution < 1.29 is 0 Å². The van der Waals surface area contributed by atoms with Crippen LogP contribution in [0.2, 0.25) is 5.02 Å². The third-order valence-electron chi connectivity index (χ3n) is 3.05. The van der Waals surface area contributed by atoms with Crippen molar-refractivity contribution in [2.45, 2.75) is 33.1 Å². The van der Waals surface area contributed by atoms with Crippen LogP contribution >= 0.6 is 11.6 Å². The average Bonchev–Trinajstić information content (AvgIpc) is 2.17. The van der Waals surface area contributed by atoms with E-state index in [1.54, 1.807) is 0 Å². The van der Waals surface area contributed by atoms with Crippen molar-refractivity contribution in [1.29, 1.82) is 0 Å². The molecule has 2 rings (SSSR count). The van der Waals surface area contributed by atoms with Crippen molar-refractivity contribution in [3.63, 3.8) is 0 Å². The highest BCUT2D eigenvalue weighted by molar-refractivity contribution is 6.30. The molecule has 0 radical (unpaired) electrons. The number of benzene rings is 1.